The fourth-order valence-corrected chi connectivity index (χ4v) is 5.54. The van der Waals surface area contributed by atoms with E-state index in [0.29, 0.717) is 0 Å². The normalized spacial score (nSPS) is 22.0. The Morgan fingerprint density at radius 1 is 1.03 bits per heavy atom. The molecule has 1 saturated heterocycles. The van der Waals surface area contributed by atoms with Gasteiger partial charge < -0.3 is 9.64 Å². The Morgan fingerprint density at radius 3 is 2.48 bits per heavy atom. The van der Waals surface area contributed by atoms with Gasteiger partial charge in [0, 0.05) is 25.2 Å². The van der Waals surface area contributed by atoms with Gasteiger partial charge in [-0.05, 0) is 86.9 Å². The highest BCUT2D eigenvalue weighted by Gasteiger charge is 2.34. The Bertz CT molecular complexity index is 875. The second-order valence-electron chi connectivity index (χ2n) is 9.11. The van der Waals surface area contributed by atoms with Gasteiger partial charge in [-0.3, -0.25) is 9.69 Å². The zero-order chi connectivity index (χ0) is 21.8. The van der Waals surface area contributed by atoms with Gasteiger partial charge in [0.2, 0.25) is 0 Å². The molecule has 1 aliphatic heterocycles. The minimum Gasteiger partial charge on any atom is -0.497 e. The van der Waals surface area contributed by atoms with Crippen LogP contribution in [0.25, 0.3) is 0 Å². The first-order valence-corrected chi connectivity index (χ1v) is 11.9. The standard InChI is InChI=1S/C27H36N2O2/c1-4-28(5-2)27(30)23-13-11-22(12-14-23)26(24-7-6-8-25(18-24)31-3)29-16-15-20-9-10-21(17-20)19-29/h6-8,11-14,18,20-21,26H,4-5,9-10,15-17,19H2,1-3H3. The number of carbonyl (C=O) groups excluding carboxylic acids is 1. The van der Waals surface area contributed by atoms with E-state index in [4.69, 9.17) is 4.74 Å². The number of ether oxygens (including phenoxy) is 1. The number of benzene rings is 2. The molecule has 0 N–H and O–H groups in total. The Hall–Kier alpha value is -2.33. The quantitative estimate of drug-likeness (QED) is 0.602. The first kappa shape index (κ1) is 21.9. The van der Waals surface area contributed by atoms with Crippen LogP contribution in [0.15, 0.2) is 48.5 Å². The van der Waals surface area contributed by atoms with Crippen molar-refractivity contribution in [3.05, 3.63) is 65.2 Å². The van der Waals surface area contributed by atoms with Crippen molar-refractivity contribution < 1.29 is 9.53 Å². The summed E-state index contributed by atoms with van der Waals surface area (Å²) in [5.74, 6) is 2.72. The van der Waals surface area contributed by atoms with E-state index < -0.39 is 0 Å². The van der Waals surface area contributed by atoms with Crippen LogP contribution in [0.3, 0.4) is 0 Å². The summed E-state index contributed by atoms with van der Waals surface area (Å²) in [6.45, 7) is 7.81. The third-order valence-electron chi connectivity index (χ3n) is 7.27. The van der Waals surface area contributed by atoms with Crippen molar-refractivity contribution in [2.45, 2.75) is 45.6 Å². The van der Waals surface area contributed by atoms with E-state index in [1.165, 1.54) is 36.8 Å². The molecule has 1 aliphatic carbocycles. The van der Waals surface area contributed by atoms with Crippen molar-refractivity contribution in [3.63, 3.8) is 0 Å². The second kappa shape index (κ2) is 9.86. The molecule has 2 fully saturated rings. The predicted molar refractivity (Wildman–Crippen MR) is 126 cm³/mol. The molecule has 1 saturated carbocycles. The zero-order valence-corrected chi connectivity index (χ0v) is 19.2. The minimum atomic E-state index is 0.113. The number of methoxy groups -OCH3 is 1. The molecule has 0 aromatic heterocycles. The smallest absolute Gasteiger partial charge is 0.253 e. The van der Waals surface area contributed by atoms with Crippen LogP contribution in [0.5, 0.6) is 5.75 Å². The minimum absolute atomic E-state index is 0.113. The molecule has 2 bridgehead atoms. The molecule has 0 radical (unpaired) electrons. The fourth-order valence-electron chi connectivity index (χ4n) is 5.54. The molecule has 0 spiro atoms. The van der Waals surface area contributed by atoms with Gasteiger partial charge in [0.05, 0.1) is 13.2 Å². The third-order valence-corrected chi connectivity index (χ3v) is 7.27. The van der Waals surface area contributed by atoms with Crippen molar-refractivity contribution in [2.75, 3.05) is 33.3 Å². The van der Waals surface area contributed by atoms with Gasteiger partial charge in [0.1, 0.15) is 5.75 Å². The maximum Gasteiger partial charge on any atom is 0.253 e. The first-order valence-electron chi connectivity index (χ1n) is 11.9. The van der Waals surface area contributed by atoms with Gasteiger partial charge >= 0.3 is 0 Å². The Morgan fingerprint density at radius 2 is 1.77 bits per heavy atom. The van der Waals surface area contributed by atoms with Gasteiger partial charge in [-0.1, -0.05) is 30.7 Å². The van der Waals surface area contributed by atoms with Crippen LogP contribution in [0.2, 0.25) is 0 Å². The fraction of sp³-hybridized carbons (Fsp3) is 0.519. The molecule has 2 aromatic carbocycles. The highest BCUT2D eigenvalue weighted by atomic mass is 16.5. The molecule has 1 amide bonds. The summed E-state index contributed by atoms with van der Waals surface area (Å²) < 4.78 is 5.54. The zero-order valence-electron chi connectivity index (χ0n) is 19.2. The van der Waals surface area contributed by atoms with Crippen LogP contribution in [-0.4, -0.2) is 49.0 Å². The molecule has 1 heterocycles. The summed E-state index contributed by atoms with van der Waals surface area (Å²) >= 11 is 0. The van der Waals surface area contributed by atoms with Crippen molar-refractivity contribution in [3.8, 4) is 5.75 Å². The lowest BCUT2D eigenvalue weighted by Gasteiger charge is -2.34. The average molecular weight is 421 g/mol. The number of hydrogen-bond donors (Lipinski definition) is 0. The van der Waals surface area contributed by atoms with E-state index in [9.17, 15) is 4.79 Å². The van der Waals surface area contributed by atoms with E-state index in [1.807, 2.05) is 36.9 Å². The summed E-state index contributed by atoms with van der Waals surface area (Å²) in [5.41, 5.74) is 3.29. The summed E-state index contributed by atoms with van der Waals surface area (Å²) in [4.78, 5) is 17.3. The monoisotopic (exact) mass is 420 g/mol. The Balaban J connectivity index is 1.66. The van der Waals surface area contributed by atoms with Crippen molar-refractivity contribution in [1.82, 2.24) is 9.80 Å². The SMILES string of the molecule is CCN(CC)C(=O)c1ccc(C(c2cccc(OC)c2)N2CCC3CCC(C3)C2)cc1. The molecule has 3 unspecified atom stereocenters. The van der Waals surface area contributed by atoms with E-state index in [1.54, 1.807) is 7.11 Å². The van der Waals surface area contributed by atoms with E-state index >= 15 is 0 Å². The topological polar surface area (TPSA) is 32.8 Å². The van der Waals surface area contributed by atoms with E-state index in [0.717, 1.165) is 49.3 Å². The summed E-state index contributed by atoms with van der Waals surface area (Å²) in [7, 11) is 1.73. The van der Waals surface area contributed by atoms with Crippen molar-refractivity contribution in [2.24, 2.45) is 11.8 Å². The first-order chi connectivity index (χ1) is 15.1. The number of nitrogens with zero attached hydrogens (tertiary/aromatic N) is 2. The Labute approximate surface area is 187 Å². The number of hydrogen-bond acceptors (Lipinski definition) is 3. The summed E-state index contributed by atoms with van der Waals surface area (Å²) in [6.07, 6.45) is 5.45. The van der Waals surface area contributed by atoms with Crippen LogP contribution >= 0.6 is 0 Å². The van der Waals surface area contributed by atoms with Gasteiger partial charge in [0.25, 0.3) is 5.91 Å². The van der Waals surface area contributed by atoms with Crippen LogP contribution in [0.1, 0.15) is 67.1 Å². The number of carbonyl (C=O) groups is 1. The molecule has 4 heteroatoms. The van der Waals surface area contributed by atoms with Crippen molar-refractivity contribution >= 4 is 5.91 Å². The van der Waals surface area contributed by atoms with E-state index in [-0.39, 0.29) is 11.9 Å². The molecule has 2 aliphatic rings. The highest BCUT2D eigenvalue weighted by Crippen LogP contribution is 2.40. The van der Waals surface area contributed by atoms with Gasteiger partial charge in [-0.15, -0.1) is 0 Å². The van der Waals surface area contributed by atoms with Gasteiger partial charge in [-0.2, -0.15) is 0 Å². The molecule has 166 valence electrons. The predicted octanol–water partition coefficient (Wildman–Crippen LogP) is 5.39. The molecule has 3 atom stereocenters. The summed E-state index contributed by atoms with van der Waals surface area (Å²) in [5, 5.41) is 0. The summed E-state index contributed by atoms with van der Waals surface area (Å²) in [6, 6.07) is 17.0. The molecule has 31 heavy (non-hydrogen) atoms. The van der Waals surface area contributed by atoms with Crippen molar-refractivity contribution in [1.29, 1.82) is 0 Å². The molecular weight excluding hydrogens is 384 g/mol. The van der Waals surface area contributed by atoms with Crippen LogP contribution < -0.4 is 4.74 Å². The molecule has 2 aromatic rings. The second-order valence-corrected chi connectivity index (χ2v) is 9.11. The number of fused-ring (bicyclic) bond motifs is 2. The lowest BCUT2D eigenvalue weighted by atomic mass is 9.94. The maximum absolute atomic E-state index is 12.8. The largest absolute Gasteiger partial charge is 0.497 e. The average Bonchev–Trinajstić information content (AvgIpc) is 3.15. The van der Waals surface area contributed by atoms with Crippen LogP contribution in [0, 0.1) is 11.8 Å². The van der Waals surface area contributed by atoms with Gasteiger partial charge in [-0.25, -0.2) is 0 Å². The van der Waals surface area contributed by atoms with Crippen LogP contribution in [0.4, 0.5) is 0 Å². The number of rotatable bonds is 7. The lowest BCUT2D eigenvalue weighted by Crippen LogP contribution is -2.34. The maximum atomic E-state index is 12.8. The molecule has 4 rings (SSSR count). The van der Waals surface area contributed by atoms with E-state index in [2.05, 4.69) is 35.2 Å². The van der Waals surface area contributed by atoms with Gasteiger partial charge in [0.15, 0.2) is 0 Å². The molecule has 4 nitrogen and oxygen atoms in total. The third kappa shape index (κ3) is 4.79. The number of amides is 1. The Kier molecular flexibility index (Phi) is 6.96. The highest BCUT2D eigenvalue weighted by molar-refractivity contribution is 5.94. The molecular formula is C27H36N2O2. The number of likely N-dealkylation sites (tertiary alicyclic amines) is 1. The lowest BCUT2D eigenvalue weighted by molar-refractivity contribution is 0.0773. The van der Waals surface area contributed by atoms with Crippen LogP contribution in [-0.2, 0) is 0 Å².